The monoisotopic (exact) mass is 274 g/mol. The number of aromatic nitrogens is 1. The van der Waals surface area contributed by atoms with Crippen LogP contribution in [0.2, 0.25) is 0 Å². The Morgan fingerprint density at radius 3 is 2.85 bits per heavy atom. The van der Waals surface area contributed by atoms with Crippen LogP contribution >= 0.6 is 0 Å². The zero-order valence-electron chi connectivity index (χ0n) is 11.7. The van der Waals surface area contributed by atoms with Gasteiger partial charge in [0.25, 0.3) is 0 Å². The van der Waals surface area contributed by atoms with Crippen molar-refractivity contribution in [2.24, 2.45) is 0 Å². The molecule has 3 nitrogen and oxygen atoms in total. The smallest absolute Gasteiger partial charge is 0.154 e. The Hall–Kier alpha value is -1.68. The van der Waals surface area contributed by atoms with Crippen LogP contribution in [0.4, 0.5) is 4.39 Å². The molecule has 1 saturated heterocycles. The second-order valence-corrected chi connectivity index (χ2v) is 5.33. The van der Waals surface area contributed by atoms with Crippen molar-refractivity contribution >= 4 is 0 Å². The van der Waals surface area contributed by atoms with Crippen LogP contribution in [0.15, 0.2) is 34.9 Å². The summed E-state index contributed by atoms with van der Waals surface area (Å²) in [6, 6.07) is 9.10. The highest BCUT2D eigenvalue weighted by molar-refractivity contribution is 5.17. The summed E-state index contributed by atoms with van der Waals surface area (Å²) in [6.45, 7) is 3.95. The van der Waals surface area contributed by atoms with E-state index in [0.29, 0.717) is 6.04 Å². The van der Waals surface area contributed by atoms with Crippen LogP contribution < -0.4 is 0 Å². The van der Waals surface area contributed by atoms with E-state index < -0.39 is 0 Å². The summed E-state index contributed by atoms with van der Waals surface area (Å²) in [5.74, 6) is 0.774. The average molecular weight is 274 g/mol. The Bertz CT molecular complexity index is 564. The van der Waals surface area contributed by atoms with Gasteiger partial charge in [0.15, 0.2) is 5.76 Å². The molecule has 1 aliphatic heterocycles. The number of likely N-dealkylation sites (tertiary alicyclic amines) is 1. The summed E-state index contributed by atoms with van der Waals surface area (Å²) < 4.78 is 18.4. The molecule has 4 heteroatoms. The first-order valence-electron chi connectivity index (χ1n) is 7.20. The molecule has 1 aromatic carbocycles. The highest BCUT2D eigenvalue weighted by Gasteiger charge is 2.29. The zero-order chi connectivity index (χ0) is 13.9. The third-order valence-corrected chi connectivity index (χ3v) is 3.93. The second-order valence-electron chi connectivity index (χ2n) is 5.33. The van der Waals surface area contributed by atoms with Crippen LogP contribution in [0.25, 0.3) is 0 Å². The molecule has 2 heterocycles. The minimum absolute atomic E-state index is 0.186. The van der Waals surface area contributed by atoms with E-state index in [2.05, 4.69) is 23.0 Å². The molecule has 1 aliphatic rings. The molecule has 0 spiro atoms. The Balaban J connectivity index is 1.73. The molecule has 3 rings (SSSR count). The van der Waals surface area contributed by atoms with Gasteiger partial charge in [0.1, 0.15) is 5.82 Å². The fourth-order valence-electron chi connectivity index (χ4n) is 2.81. The highest BCUT2D eigenvalue weighted by Crippen LogP contribution is 2.33. The van der Waals surface area contributed by atoms with Crippen LogP contribution in [0.3, 0.4) is 0 Å². The second kappa shape index (κ2) is 5.75. The lowest BCUT2D eigenvalue weighted by Gasteiger charge is -2.22. The van der Waals surface area contributed by atoms with Gasteiger partial charge in [-0.3, -0.25) is 4.90 Å². The first-order chi connectivity index (χ1) is 9.76. The molecule has 20 heavy (non-hydrogen) atoms. The van der Waals surface area contributed by atoms with Gasteiger partial charge in [0.05, 0.1) is 11.7 Å². The van der Waals surface area contributed by atoms with Crippen LogP contribution in [0.5, 0.6) is 0 Å². The minimum atomic E-state index is -0.186. The molecule has 1 fully saturated rings. The SMILES string of the molecule is CCc1cc([C@@H]2CCCN2Cc2ccc(F)cc2)on1. The van der Waals surface area contributed by atoms with Gasteiger partial charge in [-0.1, -0.05) is 24.2 Å². The number of hydrogen-bond donors (Lipinski definition) is 0. The minimum Gasteiger partial charge on any atom is -0.359 e. The highest BCUT2D eigenvalue weighted by atomic mass is 19.1. The maximum atomic E-state index is 12.9. The predicted octanol–water partition coefficient (Wildman–Crippen LogP) is 3.71. The number of nitrogens with zero attached hydrogens (tertiary/aromatic N) is 2. The van der Waals surface area contributed by atoms with Crippen molar-refractivity contribution in [3.8, 4) is 0 Å². The first-order valence-corrected chi connectivity index (χ1v) is 7.20. The zero-order valence-corrected chi connectivity index (χ0v) is 11.7. The van der Waals surface area contributed by atoms with Crippen molar-refractivity contribution in [1.29, 1.82) is 0 Å². The Kier molecular flexibility index (Phi) is 3.83. The van der Waals surface area contributed by atoms with E-state index in [9.17, 15) is 4.39 Å². The molecule has 0 radical (unpaired) electrons. The Labute approximate surface area is 118 Å². The normalized spacial score (nSPS) is 19.6. The summed E-state index contributed by atoms with van der Waals surface area (Å²) in [5, 5.41) is 4.08. The third-order valence-electron chi connectivity index (χ3n) is 3.93. The van der Waals surface area contributed by atoms with Crippen LogP contribution in [0, 0.1) is 5.82 Å². The van der Waals surface area contributed by atoms with Gasteiger partial charge in [-0.25, -0.2) is 4.39 Å². The van der Waals surface area contributed by atoms with E-state index in [0.717, 1.165) is 49.4 Å². The molecule has 0 saturated carbocycles. The molecule has 0 unspecified atom stereocenters. The van der Waals surface area contributed by atoms with Gasteiger partial charge in [-0.15, -0.1) is 0 Å². The van der Waals surface area contributed by atoms with Gasteiger partial charge in [-0.05, 0) is 43.5 Å². The number of aryl methyl sites for hydroxylation is 1. The number of benzene rings is 1. The molecule has 106 valence electrons. The van der Waals surface area contributed by atoms with E-state index in [1.54, 1.807) is 0 Å². The largest absolute Gasteiger partial charge is 0.359 e. The third kappa shape index (κ3) is 2.75. The molecular formula is C16H19FN2O. The van der Waals surface area contributed by atoms with Gasteiger partial charge in [0.2, 0.25) is 0 Å². The summed E-state index contributed by atoms with van der Waals surface area (Å²) >= 11 is 0. The topological polar surface area (TPSA) is 29.3 Å². The van der Waals surface area contributed by atoms with Gasteiger partial charge in [0, 0.05) is 12.6 Å². The van der Waals surface area contributed by atoms with Crippen molar-refractivity contribution in [3.05, 3.63) is 53.2 Å². The Morgan fingerprint density at radius 2 is 2.15 bits per heavy atom. The van der Waals surface area contributed by atoms with E-state index in [1.165, 1.54) is 12.1 Å². The van der Waals surface area contributed by atoms with Gasteiger partial charge in [-0.2, -0.15) is 0 Å². The molecule has 0 N–H and O–H groups in total. The van der Waals surface area contributed by atoms with Gasteiger partial charge < -0.3 is 4.52 Å². The number of rotatable bonds is 4. The summed E-state index contributed by atoms with van der Waals surface area (Å²) in [4.78, 5) is 2.38. The molecule has 0 aliphatic carbocycles. The molecule has 1 aromatic heterocycles. The van der Waals surface area contributed by atoms with Crippen molar-refractivity contribution in [2.45, 2.75) is 38.8 Å². The summed E-state index contributed by atoms with van der Waals surface area (Å²) in [6.07, 6.45) is 3.15. The predicted molar refractivity (Wildman–Crippen MR) is 74.7 cm³/mol. The quantitative estimate of drug-likeness (QED) is 0.851. The lowest BCUT2D eigenvalue weighted by atomic mass is 10.1. The average Bonchev–Trinajstić information content (AvgIpc) is 3.09. The summed E-state index contributed by atoms with van der Waals surface area (Å²) in [5.41, 5.74) is 2.14. The van der Waals surface area contributed by atoms with Crippen LogP contribution in [-0.2, 0) is 13.0 Å². The van der Waals surface area contributed by atoms with Crippen molar-refractivity contribution < 1.29 is 8.91 Å². The standard InChI is InChI=1S/C16H19FN2O/c1-2-14-10-16(20-18-14)15-4-3-9-19(15)11-12-5-7-13(17)8-6-12/h5-8,10,15H,2-4,9,11H2,1H3/t15-/m0/s1. The van der Waals surface area contributed by atoms with Crippen LogP contribution in [-0.4, -0.2) is 16.6 Å². The van der Waals surface area contributed by atoms with E-state index in [-0.39, 0.29) is 5.82 Å². The fraction of sp³-hybridized carbons (Fsp3) is 0.438. The van der Waals surface area contributed by atoms with Crippen molar-refractivity contribution in [2.75, 3.05) is 6.54 Å². The van der Waals surface area contributed by atoms with E-state index >= 15 is 0 Å². The maximum Gasteiger partial charge on any atom is 0.154 e. The lowest BCUT2D eigenvalue weighted by molar-refractivity contribution is 0.206. The summed E-state index contributed by atoms with van der Waals surface area (Å²) in [7, 11) is 0. The Morgan fingerprint density at radius 1 is 1.35 bits per heavy atom. The van der Waals surface area contributed by atoms with E-state index in [1.807, 2.05) is 12.1 Å². The number of halogens is 1. The first kappa shape index (κ1) is 13.3. The maximum absolute atomic E-state index is 12.9. The number of hydrogen-bond acceptors (Lipinski definition) is 3. The van der Waals surface area contributed by atoms with Crippen LogP contribution in [0.1, 0.15) is 42.8 Å². The molecular weight excluding hydrogens is 255 g/mol. The van der Waals surface area contributed by atoms with Crippen molar-refractivity contribution in [3.63, 3.8) is 0 Å². The molecule has 0 amide bonds. The fourth-order valence-corrected chi connectivity index (χ4v) is 2.81. The molecule has 2 aromatic rings. The van der Waals surface area contributed by atoms with Crippen molar-refractivity contribution in [1.82, 2.24) is 10.1 Å². The molecule has 1 atom stereocenters. The lowest BCUT2D eigenvalue weighted by Crippen LogP contribution is -2.22. The van der Waals surface area contributed by atoms with Gasteiger partial charge >= 0.3 is 0 Å². The molecule has 0 bridgehead atoms. The van der Waals surface area contributed by atoms with E-state index in [4.69, 9.17) is 4.52 Å².